The van der Waals surface area contributed by atoms with Gasteiger partial charge < -0.3 is 10.6 Å². The molecule has 0 aromatic heterocycles. The summed E-state index contributed by atoms with van der Waals surface area (Å²) in [7, 11) is 0. The maximum Gasteiger partial charge on any atom is 0.00386 e. The first-order chi connectivity index (χ1) is 7.15. The van der Waals surface area contributed by atoms with Crippen molar-refractivity contribution < 1.29 is 0 Å². The van der Waals surface area contributed by atoms with Crippen LogP contribution in [0.3, 0.4) is 0 Å². The molecule has 2 N–H and O–H groups in total. The fourth-order valence-corrected chi connectivity index (χ4v) is 2.99. The monoisotopic (exact) mass is 210 g/mol. The standard InChI is InChI=1S/C13H26N2/c1-11(2)12-3-8-15(9-12)10-13(4-5-13)6-7-14/h11-12H,3-10,14H2,1-2H3. The van der Waals surface area contributed by atoms with Crippen LogP contribution in [0.15, 0.2) is 0 Å². The van der Waals surface area contributed by atoms with Gasteiger partial charge in [-0.2, -0.15) is 0 Å². The summed E-state index contributed by atoms with van der Waals surface area (Å²) >= 11 is 0. The van der Waals surface area contributed by atoms with Crippen LogP contribution >= 0.6 is 0 Å². The Morgan fingerprint density at radius 3 is 2.60 bits per heavy atom. The van der Waals surface area contributed by atoms with Crippen LogP contribution in [-0.4, -0.2) is 31.1 Å². The Labute approximate surface area is 94.2 Å². The van der Waals surface area contributed by atoms with E-state index < -0.39 is 0 Å². The van der Waals surface area contributed by atoms with E-state index in [1.54, 1.807) is 0 Å². The molecule has 1 aliphatic carbocycles. The van der Waals surface area contributed by atoms with Gasteiger partial charge in [-0.15, -0.1) is 0 Å². The summed E-state index contributed by atoms with van der Waals surface area (Å²) < 4.78 is 0. The summed E-state index contributed by atoms with van der Waals surface area (Å²) in [5.74, 6) is 1.80. The molecule has 2 rings (SSSR count). The SMILES string of the molecule is CC(C)C1CCN(CC2(CCN)CC2)C1. The maximum atomic E-state index is 5.69. The van der Waals surface area contributed by atoms with Crippen LogP contribution in [0.2, 0.25) is 0 Å². The van der Waals surface area contributed by atoms with Gasteiger partial charge in [0.1, 0.15) is 0 Å². The average Bonchev–Trinajstić information content (AvgIpc) is 2.77. The number of nitrogens with zero attached hydrogens (tertiary/aromatic N) is 1. The minimum Gasteiger partial charge on any atom is -0.330 e. The summed E-state index contributed by atoms with van der Waals surface area (Å²) in [6, 6.07) is 0. The largest absolute Gasteiger partial charge is 0.330 e. The topological polar surface area (TPSA) is 29.3 Å². The van der Waals surface area contributed by atoms with E-state index in [-0.39, 0.29) is 0 Å². The Bertz CT molecular complexity index is 209. The molecule has 0 aromatic rings. The number of hydrogen-bond acceptors (Lipinski definition) is 2. The zero-order valence-corrected chi connectivity index (χ0v) is 10.3. The third kappa shape index (κ3) is 2.73. The molecule has 1 saturated carbocycles. The van der Waals surface area contributed by atoms with Crippen molar-refractivity contribution >= 4 is 0 Å². The first-order valence-electron chi connectivity index (χ1n) is 6.58. The first-order valence-corrected chi connectivity index (χ1v) is 6.58. The van der Waals surface area contributed by atoms with E-state index in [1.807, 2.05) is 0 Å². The molecule has 2 aliphatic rings. The van der Waals surface area contributed by atoms with Crippen LogP contribution in [0.4, 0.5) is 0 Å². The van der Waals surface area contributed by atoms with Gasteiger partial charge in [-0.05, 0) is 56.0 Å². The molecule has 0 radical (unpaired) electrons. The minimum absolute atomic E-state index is 0.640. The normalized spacial score (nSPS) is 30.0. The Morgan fingerprint density at radius 1 is 1.40 bits per heavy atom. The second-order valence-electron chi connectivity index (χ2n) is 6.07. The highest BCUT2D eigenvalue weighted by Gasteiger charge is 2.43. The van der Waals surface area contributed by atoms with Crippen molar-refractivity contribution in [3.05, 3.63) is 0 Å². The molecule has 1 aliphatic heterocycles. The van der Waals surface area contributed by atoms with Crippen molar-refractivity contribution in [3.8, 4) is 0 Å². The zero-order valence-electron chi connectivity index (χ0n) is 10.3. The molecule has 0 spiro atoms. The van der Waals surface area contributed by atoms with Crippen molar-refractivity contribution in [1.82, 2.24) is 4.90 Å². The van der Waals surface area contributed by atoms with Gasteiger partial charge in [-0.25, -0.2) is 0 Å². The lowest BCUT2D eigenvalue weighted by molar-refractivity contribution is 0.239. The van der Waals surface area contributed by atoms with E-state index in [0.29, 0.717) is 5.41 Å². The quantitative estimate of drug-likeness (QED) is 0.753. The van der Waals surface area contributed by atoms with Crippen LogP contribution < -0.4 is 5.73 Å². The number of likely N-dealkylation sites (tertiary alicyclic amines) is 1. The number of hydrogen-bond donors (Lipinski definition) is 1. The molecule has 88 valence electrons. The molecule has 2 heteroatoms. The van der Waals surface area contributed by atoms with Crippen LogP contribution in [0.5, 0.6) is 0 Å². The summed E-state index contributed by atoms with van der Waals surface area (Å²) in [6.07, 6.45) is 5.51. The van der Waals surface area contributed by atoms with E-state index in [2.05, 4.69) is 18.7 Å². The van der Waals surface area contributed by atoms with Gasteiger partial charge in [0.15, 0.2) is 0 Å². The van der Waals surface area contributed by atoms with Gasteiger partial charge in [0.05, 0.1) is 0 Å². The summed E-state index contributed by atoms with van der Waals surface area (Å²) in [4.78, 5) is 2.69. The lowest BCUT2D eigenvalue weighted by Crippen LogP contribution is -2.30. The second kappa shape index (κ2) is 4.42. The summed E-state index contributed by atoms with van der Waals surface area (Å²) in [6.45, 7) is 9.59. The molecule has 2 nitrogen and oxygen atoms in total. The lowest BCUT2D eigenvalue weighted by atomic mass is 9.95. The molecule has 1 atom stereocenters. The fraction of sp³-hybridized carbons (Fsp3) is 1.00. The minimum atomic E-state index is 0.640. The molecule has 1 heterocycles. The van der Waals surface area contributed by atoms with Crippen molar-refractivity contribution in [2.45, 2.75) is 39.5 Å². The van der Waals surface area contributed by atoms with Crippen molar-refractivity contribution in [3.63, 3.8) is 0 Å². The third-order valence-electron chi connectivity index (χ3n) is 4.44. The maximum absolute atomic E-state index is 5.69. The molecule has 1 saturated heterocycles. The molecule has 0 bridgehead atoms. The van der Waals surface area contributed by atoms with Gasteiger partial charge in [0.2, 0.25) is 0 Å². The Kier molecular flexibility index (Phi) is 3.36. The smallest absolute Gasteiger partial charge is 0.00386 e. The van der Waals surface area contributed by atoms with Crippen molar-refractivity contribution in [1.29, 1.82) is 0 Å². The second-order valence-corrected chi connectivity index (χ2v) is 6.07. The molecule has 0 aromatic carbocycles. The van der Waals surface area contributed by atoms with Gasteiger partial charge >= 0.3 is 0 Å². The van der Waals surface area contributed by atoms with E-state index in [9.17, 15) is 0 Å². The van der Waals surface area contributed by atoms with Gasteiger partial charge in [0, 0.05) is 13.1 Å². The predicted molar refractivity (Wildman–Crippen MR) is 64.7 cm³/mol. The fourth-order valence-electron chi connectivity index (χ4n) is 2.99. The predicted octanol–water partition coefficient (Wildman–Crippen LogP) is 2.09. The summed E-state index contributed by atoms with van der Waals surface area (Å²) in [5, 5.41) is 0. The summed E-state index contributed by atoms with van der Waals surface area (Å²) in [5.41, 5.74) is 6.33. The average molecular weight is 210 g/mol. The van der Waals surface area contributed by atoms with Crippen LogP contribution in [0.25, 0.3) is 0 Å². The van der Waals surface area contributed by atoms with Crippen molar-refractivity contribution in [2.75, 3.05) is 26.2 Å². The zero-order chi connectivity index (χ0) is 10.9. The highest BCUT2D eigenvalue weighted by molar-refractivity contribution is 4.96. The molecular weight excluding hydrogens is 184 g/mol. The van der Waals surface area contributed by atoms with E-state index >= 15 is 0 Å². The Morgan fingerprint density at radius 2 is 2.13 bits per heavy atom. The Hall–Kier alpha value is -0.0800. The van der Waals surface area contributed by atoms with Gasteiger partial charge in [-0.3, -0.25) is 0 Å². The van der Waals surface area contributed by atoms with E-state index in [1.165, 1.54) is 45.3 Å². The highest BCUT2D eigenvalue weighted by Crippen LogP contribution is 2.49. The molecule has 2 fully saturated rings. The van der Waals surface area contributed by atoms with Gasteiger partial charge in [-0.1, -0.05) is 13.8 Å². The first kappa shape index (κ1) is 11.4. The van der Waals surface area contributed by atoms with Crippen molar-refractivity contribution in [2.24, 2.45) is 23.0 Å². The van der Waals surface area contributed by atoms with Gasteiger partial charge in [0.25, 0.3) is 0 Å². The van der Waals surface area contributed by atoms with E-state index in [4.69, 9.17) is 5.73 Å². The van der Waals surface area contributed by atoms with Crippen LogP contribution in [0, 0.1) is 17.3 Å². The van der Waals surface area contributed by atoms with Crippen LogP contribution in [-0.2, 0) is 0 Å². The molecular formula is C13H26N2. The molecule has 0 amide bonds. The third-order valence-corrected chi connectivity index (χ3v) is 4.44. The highest BCUT2D eigenvalue weighted by atomic mass is 15.2. The number of rotatable bonds is 5. The molecule has 1 unspecified atom stereocenters. The number of nitrogens with two attached hydrogens (primary N) is 1. The molecule has 15 heavy (non-hydrogen) atoms. The lowest BCUT2D eigenvalue weighted by Gasteiger charge is -2.23. The van der Waals surface area contributed by atoms with Crippen LogP contribution in [0.1, 0.15) is 39.5 Å². The van der Waals surface area contributed by atoms with E-state index in [0.717, 1.165) is 18.4 Å². The Balaban J connectivity index is 1.77.